The summed E-state index contributed by atoms with van der Waals surface area (Å²) in [6.45, 7) is 2.32. The van der Waals surface area contributed by atoms with Gasteiger partial charge in [-0.05, 0) is 29.3 Å². The first-order valence-electron chi connectivity index (χ1n) is 6.28. The lowest BCUT2D eigenvalue weighted by Crippen LogP contribution is -2.26. The molecule has 0 unspecified atom stereocenters. The highest BCUT2D eigenvalue weighted by atomic mass is 16.5. The van der Waals surface area contributed by atoms with Gasteiger partial charge in [-0.15, -0.1) is 0 Å². The number of hydrogen-bond donors (Lipinski definition) is 2. The van der Waals surface area contributed by atoms with Crippen molar-refractivity contribution in [2.75, 3.05) is 6.54 Å². The van der Waals surface area contributed by atoms with Crippen molar-refractivity contribution in [2.24, 2.45) is 5.73 Å². The van der Waals surface area contributed by atoms with Crippen LogP contribution in [0.25, 0.3) is 10.8 Å². The van der Waals surface area contributed by atoms with Crippen LogP contribution in [-0.4, -0.2) is 23.7 Å². The van der Waals surface area contributed by atoms with Gasteiger partial charge in [-0.2, -0.15) is 0 Å². The van der Waals surface area contributed by atoms with Gasteiger partial charge in [0.05, 0.1) is 0 Å². The molecule has 0 saturated heterocycles. The molecule has 4 heteroatoms. The second kappa shape index (κ2) is 5.71. The van der Waals surface area contributed by atoms with Gasteiger partial charge < -0.3 is 15.6 Å². The van der Waals surface area contributed by atoms with Crippen molar-refractivity contribution < 1.29 is 14.6 Å². The highest BCUT2D eigenvalue weighted by Crippen LogP contribution is 2.27. The third-order valence-corrected chi connectivity index (χ3v) is 3.09. The minimum Gasteiger partial charge on any atom is -0.488 e. The van der Waals surface area contributed by atoms with E-state index in [9.17, 15) is 9.90 Å². The number of rotatable bonds is 5. The van der Waals surface area contributed by atoms with Crippen molar-refractivity contribution in [3.63, 3.8) is 0 Å². The molecule has 0 aliphatic carbocycles. The number of carbonyl (C=O) groups is 1. The second-order valence-electron chi connectivity index (χ2n) is 4.38. The maximum atomic E-state index is 11.3. The molecule has 4 nitrogen and oxygen atoms in total. The highest BCUT2D eigenvalue weighted by molar-refractivity contribution is 5.97. The first-order chi connectivity index (χ1) is 9.15. The molecule has 0 bridgehead atoms. The SMILES string of the molecule is CC[C@H](CN)Oc1cc2ccccc2cc1C(=O)O. The van der Waals surface area contributed by atoms with E-state index in [0.717, 1.165) is 17.2 Å². The summed E-state index contributed by atoms with van der Waals surface area (Å²) in [5, 5.41) is 11.1. The third kappa shape index (κ3) is 2.85. The van der Waals surface area contributed by atoms with Gasteiger partial charge in [0.25, 0.3) is 0 Å². The molecule has 2 aromatic carbocycles. The molecule has 3 N–H and O–H groups in total. The Hall–Kier alpha value is -2.07. The number of fused-ring (bicyclic) bond motifs is 1. The first kappa shape index (κ1) is 13.4. The van der Waals surface area contributed by atoms with E-state index in [1.807, 2.05) is 31.2 Å². The van der Waals surface area contributed by atoms with Gasteiger partial charge >= 0.3 is 5.97 Å². The molecule has 0 heterocycles. The maximum absolute atomic E-state index is 11.3. The maximum Gasteiger partial charge on any atom is 0.339 e. The molecule has 0 spiro atoms. The number of benzene rings is 2. The molecule has 0 aromatic heterocycles. The fraction of sp³-hybridized carbons (Fsp3) is 0.267. The van der Waals surface area contributed by atoms with Crippen molar-refractivity contribution in [2.45, 2.75) is 19.4 Å². The van der Waals surface area contributed by atoms with E-state index < -0.39 is 5.97 Å². The predicted octanol–water partition coefficient (Wildman–Crippen LogP) is 2.65. The zero-order chi connectivity index (χ0) is 13.8. The van der Waals surface area contributed by atoms with Crippen molar-refractivity contribution in [3.05, 3.63) is 42.0 Å². The molecule has 100 valence electrons. The van der Waals surface area contributed by atoms with Gasteiger partial charge in [-0.1, -0.05) is 31.2 Å². The second-order valence-corrected chi connectivity index (χ2v) is 4.38. The third-order valence-electron chi connectivity index (χ3n) is 3.09. The molecule has 1 atom stereocenters. The summed E-state index contributed by atoms with van der Waals surface area (Å²) in [5.74, 6) is -0.615. The molecule has 0 aliphatic rings. The Morgan fingerprint density at radius 3 is 2.47 bits per heavy atom. The fourth-order valence-corrected chi connectivity index (χ4v) is 1.96. The standard InChI is InChI=1S/C15H17NO3/c1-2-12(9-16)19-14-8-11-6-4-3-5-10(11)7-13(14)15(17)18/h3-8,12H,2,9,16H2,1H3,(H,17,18)/t12-/m1/s1. The van der Waals surface area contributed by atoms with E-state index in [0.29, 0.717) is 12.3 Å². The van der Waals surface area contributed by atoms with Crippen LogP contribution in [0.2, 0.25) is 0 Å². The van der Waals surface area contributed by atoms with E-state index >= 15 is 0 Å². The van der Waals surface area contributed by atoms with Crippen molar-refractivity contribution in [1.29, 1.82) is 0 Å². The quantitative estimate of drug-likeness (QED) is 0.865. The van der Waals surface area contributed by atoms with E-state index in [-0.39, 0.29) is 11.7 Å². The van der Waals surface area contributed by atoms with Gasteiger partial charge in [-0.25, -0.2) is 4.79 Å². The molecule has 0 aliphatic heterocycles. The van der Waals surface area contributed by atoms with E-state index in [2.05, 4.69) is 0 Å². The average Bonchev–Trinajstić information content (AvgIpc) is 2.43. The van der Waals surface area contributed by atoms with Crippen molar-refractivity contribution in [3.8, 4) is 5.75 Å². The van der Waals surface area contributed by atoms with Gasteiger partial charge in [0.15, 0.2) is 0 Å². The van der Waals surface area contributed by atoms with E-state index in [4.69, 9.17) is 10.5 Å². The largest absolute Gasteiger partial charge is 0.488 e. The zero-order valence-electron chi connectivity index (χ0n) is 10.8. The Kier molecular flexibility index (Phi) is 4.02. The number of ether oxygens (including phenoxy) is 1. The summed E-state index contributed by atoms with van der Waals surface area (Å²) >= 11 is 0. The topological polar surface area (TPSA) is 72.5 Å². The normalized spacial score (nSPS) is 12.3. The molecule has 0 amide bonds. The van der Waals surface area contributed by atoms with Crippen LogP contribution in [0.3, 0.4) is 0 Å². The van der Waals surface area contributed by atoms with Crippen LogP contribution in [0.15, 0.2) is 36.4 Å². The average molecular weight is 259 g/mol. The van der Waals surface area contributed by atoms with Crippen LogP contribution in [0.1, 0.15) is 23.7 Å². The van der Waals surface area contributed by atoms with Gasteiger partial charge in [0.1, 0.15) is 17.4 Å². The van der Waals surface area contributed by atoms with E-state index in [1.165, 1.54) is 0 Å². The monoisotopic (exact) mass is 259 g/mol. The Balaban J connectivity index is 2.50. The van der Waals surface area contributed by atoms with Gasteiger partial charge in [-0.3, -0.25) is 0 Å². The summed E-state index contributed by atoms with van der Waals surface area (Å²) in [6, 6.07) is 11.0. The van der Waals surface area contributed by atoms with Crippen LogP contribution in [-0.2, 0) is 0 Å². The number of nitrogens with two attached hydrogens (primary N) is 1. The number of carboxylic acid groups (broad SMARTS) is 1. The molecule has 0 saturated carbocycles. The molecule has 0 fully saturated rings. The molecule has 19 heavy (non-hydrogen) atoms. The van der Waals surface area contributed by atoms with Crippen LogP contribution >= 0.6 is 0 Å². The lowest BCUT2D eigenvalue weighted by molar-refractivity contribution is 0.0689. The summed E-state index contributed by atoms with van der Waals surface area (Å²) < 4.78 is 5.71. The van der Waals surface area contributed by atoms with Gasteiger partial charge in [0.2, 0.25) is 0 Å². The molecule has 2 rings (SSSR count). The van der Waals surface area contributed by atoms with Crippen molar-refractivity contribution >= 4 is 16.7 Å². The summed E-state index contributed by atoms with van der Waals surface area (Å²) in [7, 11) is 0. The number of carboxylic acids is 1. The lowest BCUT2D eigenvalue weighted by Gasteiger charge is -2.17. The van der Waals surface area contributed by atoms with Crippen LogP contribution in [0, 0.1) is 0 Å². The summed E-state index contributed by atoms with van der Waals surface area (Å²) in [4.78, 5) is 11.3. The van der Waals surface area contributed by atoms with Crippen LogP contribution < -0.4 is 10.5 Å². The Morgan fingerprint density at radius 2 is 1.95 bits per heavy atom. The number of aromatic carboxylic acids is 1. The Morgan fingerprint density at radius 1 is 1.32 bits per heavy atom. The molecule has 0 radical (unpaired) electrons. The molecular weight excluding hydrogens is 242 g/mol. The number of hydrogen-bond acceptors (Lipinski definition) is 3. The predicted molar refractivity (Wildman–Crippen MR) is 74.7 cm³/mol. The summed E-state index contributed by atoms with van der Waals surface area (Å²) in [5.41, 5.74) is 5.77. The van der Waals surface area contributed by atoms with Gasteiger partial charge in [0, 0.05) is 6.54 Å². The minimum absolute atomic E-state index is 0.167. The summed E-state index contributed by atoms with van der Waals surface area (Å²) in [6.07, 6.45) is 0.571. The zero-order valence-corrected chi connectivity index (χ0v) is 10.8. The van der Waals surface area contributed by atoms with Crippen LogP contribution in [0.4, 0.5) is 0 Å². The smallest absolute Gasteiger partial charge is 0.339 e. The molecular formula is C15H17NO3. The lowest BCUT2D eigenvalue weighted by atomic mass is 10.1. The van der Waals surface area contributed by atoms with E-state index in [1.54, 1.807) is 12.1 Å². The fourth-order valence-electron chi connectivity index (χ4n) is 1.96. The minimum atomic E-state index is -0.993. The van der Waals surface area contributed by atoms with Crippen molar-refractivity contribution in [1.82, 2.24) is 0 Å². The highest BCUT2D eigenvalue weighted by Gasteiger charge is 2.15. The van der Waals surface area contributed by atoms with Crippen LogP contribution in [0.5, 0.6) is 5.75 Å². The Bertz CT molecular complexity index is 591. The Labute approximate surface area is 111 Å². The first-order valence-corrected chi connectivity index (χ1v) is 6.28. The molecule has 2 aromatic rings.